The molecule has 0 radical (unpaired) electrons. The molecule has 1 N–H and O–H groups in total. The first-order chi connectivity index (χ1) is 11.7. The predicted molar refractivity (Wildman–Crippen MR) is 99.7 cm³/mol. The van der Waals surface area contributed by atoms with Crippen LogP contribution in [-0.4, -0.2) is 42.5 Å². The van der Waals surface area contributed by atoms with E-state index in [0.717, 1.165) is 27.4 Å². The Balaban J connectivity index is 1.65. The van der Waals surface area contributed by atoms with Gasteiger partial charge in [-0.05, 0) is 11.8 Å². The zero-order valence-corrected chi connectivity index (χ0v) is 15.2. The van der Waals surface area contributed by atoms with Crippen molar-refractivity contribution in [2.24, 2.45) is 7.05 Å². The Morgan fingerprint density at radius 2 is 2.04 bits per heavy atom. The normalized spacial score (nSPS) is 12.4. The van der Waals surface area contributed by atoms with Gasteiger partial charge in [-0.15, -0.1) is 11.8 Å². The summed E-state index contributed by atoms with van der Waals surface area (Å²) in [6.07, 6.45) is 3.50. The van der Waals surface area contributed by atoms with E-state index in [1.54, 1.807) is 16.4 Å². The molecule has 6 nitrogen and oxygen atoms in total. The molecule has 24 heavy (non-hydrogen) atoms. The molecular formula is C16H19N5OS2. The first-order valence-corrected chi connectivity index (χ1v) is 10.2. The number of anilines is 1. The number of hydrogen-bond donors (Lipinski definition) is 1. The molecule has 3 rings (SSSR count). The van der Waals surface area contributed by atoms with E-state index >= 15 is 0 Å². The van der Waals surface area contributed by atoms with Crippen LogP contribution in [0.25, 0.3) is 11.0 Å². The second-order valence-corrected chi connectivity index (χ2v) is 7.63. The van der Waals surface area contributed by atoms with Gasteiger partial charge in [-0.2, -0.15) is 5.10 Å². The van der Waals surface area contributed by atoms with E-state index in [1.165, 1.54) is 6.33 Å². The molecule has 0 bridgehead atoms. The highest BCUT2D eigenvalue weighted by molar-refractivity contribution is 7.98. The molecule has 8 heteroatoms. The van der Waals surface area contributed by atoms with Crippen molar-refractivity contribution in [1.29, 1.82) is 0 Å². The van der Waals surface area contributed by atoms with Crippen molar-refractivity contribution in [1.82, 2.24) is 19.7 Å². The van der Waals surface area contributed by atoms with Crippen molar-refractivity contribution < 1.29 is 4.21 Å². The lowest BCUT2D eigenvalue weighted by atomic mass is 10.2. The fraction of sp³-hybridized carbons (Fsp3) is 0.312. The zero-order valence-electron chi connectivity index (χ0n) is 13.6. The summed E-state index contributed by atoms with van der Waals surface area (Å²) in [5.74, 6) is 1.88. The highest BCUT2D eigenvalue weighted by atomic mass is 32.2. The Morgan fingerprint density at radius 3 is 2.79 bits per heavy atom. The highest BCUT2D eigenvalue weighted by Crippen LogP contribution is 2.28. The third-order valence-electron chi connectivity index (χ3n) is 3.57. The van der Waals surface area contributed by atoms with Crippen LogP contribution in [0.15, 0.2) is 41.7 Å². The van der Waals surface area contributed by atoms with Crippen LogP contribution in [0.1, 0.15) is 5.56 Å². The van der Waals surface area contributed by atoms with E-state index in [9.17, 15) is 4.21 Å². The molecule has 0 amide bonds. The fourth-order valence-corrected chi connectivity index (χ4v) is 4.08. The first-order valence-electron chi connectivity index (χ1n) is 7.53. The Bertz CT molecular complexity index is 850. The molecule has 126 valence electrons. The molecule has 2 aromatic heterocycles. The third kappa shape index (κ3) is 3.76. The fourth-order valence-electron chi connectivity index (χ4n) is 2.44. The van der Waals surface area contributed by atoms with E-state index in [1.807, 2.05) is 43.6 Å². The average molecular weight is 361 g/mol. The lowest BCUT2D eigenvalue weighted by Crippen LogP contribution is -2.13. The Kier molecular flexibility index (Phi) is 5.47. The second-order valence-electron chi connectivity index (χ2n) is 5.25. The molecule has 0 unspecified atom stereocenters. The monoisotopic (exact) mass is 361 g/mol. The summed E-state index contributed by atoms with van der Waals surface area (Å²) in [6.45, 7) is 0.592. The maximum Gasteiger partial charge on any atom is 0.164 e. The van der Waals surface area contributed by atoms with Crippen LogP contribution in [0, 0.1) is 0 Å². The Labute approximate surface area is 147 Å². The van der Waals surface area contributed by atoms with Crippen LogP contribution in [-0.2, 0) is 23.6 Å². The quantitative estimate of drug-likeness (QED) is 0.652. The number of aryl methyl sites for hydroxylation is 1. The number of benzene rings is 1. The standard InChI is InChI=1S/C16H19N5OS2/c1-21-15-13(16(20-21)23-2)14(18-11-19-15)17-8-9-24(22)10-12-6-4-3-5-7-12/h3-7,11H,8-10H2,1-2H3,(H,17,18,19)/t24-/m1/s1. The molecule has 0 saturated carbocycles. The molecule has 0 fully saturated rings. The molecule has 0 saturated heterocycles. The van der Waals surface area contributed by atoms with Crippen molar-refractivity contribution in [3.8, 4) is 0 Å². The van der Waals surface area contributed by atoms with Gasteiger partial charge < -0.3 is 5.32 Å². The molecule has 0 aliphatic heterocycles. The lowest BCUT2D eigenvalue weighted by Gasteiger charge is -2.07. The van der Waals surface area contributed by atoms with Gasteiger partial charge in [0, 0.05) is 35.9 Å². The summed E-state index contributed by atoms with van der Waals surface area (Å²) in [7, 11) is 0.957. The summed E-state index contributed by atoms with van der Waals surface area (Å²) in [5, 5.41) is 9.53. The summed E-state index contributed by atoms with van der Waals surface area (Å²) in [5.41, 5.74) is 1.89. The lowest BCUT2D eigenvalue weighted by molar-refractivity contribution is 0.682. The van der Waals surface area contributed by atoms with Crippen LogP contribution >= 0.6 is 11.8 Å². The number of nitrogens with one attached hydrogen (secondary N) is 1. The minimum atomic E-state index is -0.912. The number of hydrogen-bond acceptors (Lipinski definition) is 6. The summed E-state index contributed by atoms with van der Waals surface area (Å²) in [4.78, 5) is 8.61. The Hall–Kier alpha value is -1.93. The van der Waals surface area contributed by atoms with Gasteiger partial charge in [-0.25, -0.2) is 14.6 Å². The molecule has 2 heterocycles. The van der Waals surface area contributed by atoms with E-state index in [-0.39, 0.29) is 0 Å². The first kappa shape index (κ1) is 16.9. The van der Waals surface area contributed by atoms with E-state index < -0.39 is 10.8 Å². The smallest absolute Gasteiger partial charge is 0.164 e. The minimum Gasteiger partial charge on any atom is -0.368 e. The molecule has 0 aliphatic rings. The third-order valence-corrected chi connectivity index (χ3v) is 5.56. The predicted octanol–water partition coefficient (Wildman–Crippen LogP) is 2.45. The van der Waals surface area contributed by atoms with Crippen molar-refractivity contribution in [3.05, 3.63) is 42.2 Å². The number of thioether (sulfide) groups is 1. The van der Waals surface area contributed by atoms with Crippen molar-refractivity contribution in [2.75, 3.05) is 23.9 Å². The van der Waals surface area contributed by atoms with Gasteiger partial charge in [-0.1, -0.05) is 30.3 Å². The Morgan fingerprint density at radius 1 is 1.25 bits per heavy atom. The number of rotatable bonds is 7. The topological polar surface area (TPSA) is 72.7 Å². The van der Waals surface area contributed by atoms with Gasteiger partial charge in [-0.3, -0.25) is 4.21 Å². The number of fused-ring (bicyclic) bond motifs is 1. The van der Waals surface area contributed by atoms with Crippen molar-refractivity contribution >= 4 is 39.4 Å². The molecule has 3 aromatic rings. The van der Waals surface area contributed by atoms with E-state index in [4.69, 9.17) is 0 Å². The van der Waals surface area contributed by atoms with Crippen LogP contribution in [0.3, 0.4) is 0 Å². The zero-order chi connectivity index (χ0) is 16.9. The minimum absolute atomic E-state index is 0.565. The van der Waals surface area contributed by atoms with Gasteiger partial charge >= 0.3 is 0 Å². The van der Waals surface area contributed by atoms with Gasteiger partial charge in [0.05, 0.1) is 5.39 Å². The summed E-state index contributed by atoms with van der Waals surface area (Å²) < 4.78 is 14.0. The van der Waals surface area contributed by atoms with Gasteiger partial charge in [0.1, 0.15) is 17.2 Å². The van der Waals surface area contributed by atoms with Crippen LogP contribution in [0.2, 0.25) is 0 Å². The molecule has 0 spiro atoms. The molecule has 1 aromatic carbocycles. The molecular weight excluding hydrogens is 342 g/mol. The van der Waals surface area contributed by atoms with Crippen LogP contribution in [0.5, 0.6) is 0 Å². The van der Waals surface area contributed by atoms with E-state index in [0.29, 0.717) is 18.1 Å². The summed E-state index contributed by atoms with van der Waals surface area (Å²) >= 11 is 1.56. The maximum atomic E-state index is 12.2. The second kappa shape index (κ2) is 7.76. The summed E-state index contributed by atoms with van der Waals surface area (Å²) in [6, 6.07) is 9.90. The molecule has 0 aliphatic carbocycles. The highest BCUT2D eigenvalue weighted by Gasteiger charge is 2.14. The van der Waals surface area contributed by atoms with Gasteiger partial charge in [0.15, 0.2) is 5.65 Å². The number of aromatic nitrogens is 4. The number of nitrogens with zero attached hydrogens (tertiary/aromatic N) is 4. The maximum absolute atomic E-state index is 12.2. The van der Waals surface area contributed by atoms with Gasteiger partial charge in [0.2, 0.25) is 0 Å². The molecule has 1 atom stereocenters. The van der Waals surface area contributed by atoms with Crippen LogP contribution in [0.4, 0.5) is 5.82 Å². The largest absolute Gasteiger partial charge is 0.368 e. The van der Waals surface area contributed by atoms with Crippen molar-refractivity contribution in [2.45, 2.75) is 10.8 Å². The average Bonchev–Trinajstić information content (AvgIpc) is 2.93. The van der Waals surface area contributed by atoms with Crippen LogP contribution < -0.4 is 5.32 Å². The van der Waals surface area contributed by atoms with Crippen molar-refractivity contribution in [3.63, 3.8) is 0 Å². The van der Waals surface area contributed by atoms with E-state index in [2.05, 4.69) is 20.4 Å². The SMILES string of the molecule is CSc1nn(C)c2ncnc(NCC[S@@](=O)Cc3ccccc3)c12. The van der Waals surface area contributed by atoms with Gasteiger partial charge in [0.25, 0.3) is 0 Å².